The third kappa shape index (κ3) is 4.72. The van der Waals surface area contributed by atoms with E-state index in [1.807, 2.05) is 18.2 Å². The molecule has 1 nitrogen and oxygen atoms in total. The van der Waals surface area contributed by atoms with E-state index < -0.39 is 0 Å². The molecular weight excluding hydrogens is 316 g/mol. The van der Waals surface area contributed by atoms with Gasteiger partial charge in [-0.1, -0.05) is 94.6 Å². The van der Waals surface area contributed by atoms with Gasteiger partial charge in [0.1, 0.15) is 0 Å². The highest BCUT2D eigenvalue weighted by molar-refractivity contribution is 6.06. The molecule has 0 radical (unpaired) electrons. The second-order valence-electron chi connectivity index (χ2n) is 8.53. The minimum Gasteiger partial charge on any atom is -0.289 e. The van der Waals surface area contributed by atoms with Gasteiger partial charge < -0.3 is 0 Å². The molecule has 0 amide bonds. The fourth-order valence-electron chi connectivity index (χ4n) is 3.72. The molecule has 1 heteroatoms. The second-order valence-corrected chi connectivity index (χ2v) is 8.53. The predicted molar refractivity (Wildman–Crippen MR) is 111 cm³/mol. The van der Waals surface area contributed by atoms with E-state index in [1.165, 1.54) is 43.2 Å². The fraction of sp³-hybridized carbons (Fsp3) is 0.400. The number of benzene rings is 2. The zero-order valence-corrected chi connectivity index (χ0v) is 16.3. The highest BCUT2D eigenvalue weighted by atomic mass is 16.1. The summed E-state index contributed by atoms with van der Waals surface area (Å²) in [7, 11) is 0. The molecular formula is C25H30O. The molecule has 136 valence electrons. The molecule has 1 saturated carbocycles. The van der Waals surface area contributed by atoms with Crippen molar-refractivity contribution in [3.63, 3.8) is 0 Å². The maximum Gasteiger partial charge on any atom is 0.185 e. The van der Waals surface area contributed by atoms with Crippen LogP contribution in [0.15, 0.2) is 54.6 Å². The Morgan fingerprint density at radius 1 is 0.885 bits per heavy atom. The van der Waals surface area contributed by atoms with Crippen LogP contribution in [0.3, 0.4) is 0 Å². The summed E-state index contributed by atoms with van der Waals surface area (Å²) in [5, 5.41) is 0. The minimum absolute atomic E-state index is 0.0572. The molecule has 0 N–H and O–H groups in total. The molecule has 0 heterocycles. The third-order valence-corrected chi connectivity index (χ3v) is 5.48. The SMILES string of the molecule is CC(C)(C)c1ccc(C(=O)C=Cc2ccc(C3CCCCC3)cc2)cc1. The van der Waals surface area contributed by atoms with E-state index in [0.717, 1.165) is 17.0 Å². The normalized spacial score (nSPS) is 16.1. The van der Waals surface area contributed by atoms with Crippen LogP contribution in [-0.4, -0.2) is 5.78 Å². The van der Waals surface area contributed by atoms with E-state index in [9.17, 15) is 4.79 Å². The van der Waals surface area contributed by atoms with Crippen molar-refractivity contribution < 1.29 is 4.79 Å². The van der Waals surface area contributed by atoms with Crippen molar-refractivity contribution >= 4 is 11.9 Å². The maximum atomic E-state index is 12.4. The van der Waals surface area contributed by atoms with Gasteiger partial charge in [-0.3, -0.25) is 4.79 Å². The summed E-state index contributed by atoms with van der Waals surface area (Å²) in [5.74, 6) is 0.784. The fourth-order valence-corrected chi connectivity index (χ4v) is 3.72. The first-order valence-corrected chi connectivity index (χ1v) is 9.86. The largest absolute Gasteiger partial charge is 0.289 e. The first-order chi connectivity index (χ1) is 12.4. The number of carbonyl (C=O) groups excluding carboxylic acids is 1. The molecule has 2 aromatic carbocycles. The summed E-state index contributed by atoms with van der Waals surface area (Å²) in [4.78, 5) is 12.4. The van der Waals surface area contributed by atoms with E-state index in [0.29, 0.717) is 0 Å². The lowest BCUT2D eigenvalue weighted by molar-refractivity contribution is 0.104. The number of hydrogen-bond donors (Lipinski definition) is 0. The molecule has 0 unspecified atom stereocenters. The van der Waals surface area contributed by atoms with Crippen LogP contribution in [-0.2, 0) is 5.41 Å². The van der Waals surface area contributed by atoms with Crippen LogP contribution >= 0.6 is 0 Å². The summed E-state index contributed by atoms with van der Waals surface area (Å²) in [6.07, 6.45) is 10.3. The van der Waals surface area contributed by atoms with E-state index in [-0.39, 0.29) is 11.2 Å². The van der Waals surface area contributed by atoms with Crippen LogP contribution in [0.25, 0.3) is 6.08 Å². The van der Waals surface area contributed by atoms with Gasteiger partial charge in [-0.25, -0.2) is 0 Å². The van der Waals surface area contributed by atoms with Gasteiger partial charge in [0.25, 0.3) is 0 Å². The highest BCUT2D eigenvalue weighted by Gasteiger charge is 2.15. The van der Waals surface area contributed by atoms with Crippen LogP contribution in [0, 0.1) is 0 Å². The van der Waals surface area contributed by atoms with Crippen molar-refractivity contribution in [2.24, 2.45) is 0 Å². The van der Waals surface area contributed by atoms with E-state index in [1.54, 1.807) is 6.08 Å². The molecule has 0 aromatic heterocycles. The van der Waals surface area contributed by atoms with Gasteiger partial charge in [-0.05, 0) is 46.9 Å². The van der Waals surface area contributed by atoms with Crippen molar-refractivity contribution in [3.8, 4) is 0 Å². The Labute approximate surface area is 158 Å². The Morgan fingerprint density at radius 3 is 2.08 bits per heavy atom. The lowest BCUT2D eigenvalue weighted by Crippen LogP contribution is -2.11. The monoisotopic (exact) mass is 346 g/mol. The van der Waals surface area contributed by atoms with Crippen molar-refractivity contribution in [3.05, 3.63) is 76.9 Å². The first-order valence-electron chi connectivity index (χ1n) is 9.86. The molecule has 1 aliphatic rings. The quantitative estimate of drug-likeness (QED) is 0.433. The van der Waals surface area contributed by atoms with E-state index in [2.05, 4.69) is 57.2 Å². The number of carbonyl (C=O) groups is 1. The summed E-state index contributed by atoms with van der Waals surface area (Å²) in [6, 6.07) is 16.7. The van der Waals surface area contributed by atoms with Gasteiger partial charge in [-0.2, -0.15) is 0 Å². The molecule has 1 fully saturated rings. The van der Waals surface area contributed by atoms with Gasteiger partial charge in [0.05, 0.1) is 0 Å². The molecule has 26 heavy (non-hydrogen) atoms. The van der Waals surface area contributed by atoms with Crippen LogP contribution in [0.5, 0.6) is 0 Å². The molecule has 3 rings (SSSR count). The van der Waals surface area contributed by atoms with E-state index in [4.69, 9.17) is 0 Å². The number of rotatable bonds is 4. The first kappa shape index (κ1) is 18.6. The topological polar surface area (TPSA) is 17.1 Å². The maximum absolute atomic E-state index is 12.4. The van der Waals surface area contributed by atoms with Crippen LogP contribution < -0.4 is 0 Å². The lowest BCUT2D eigenvalue weighted by Gasteiger charge is -2.21. The molecule has 0 aliphatic heterocycles. The Hall–Kier alpha value is -2.15. The molecule has 2 aromatic rings. The standard InChI is InChI=1S/C25H30O/c1-25(2,3)23-16-14-22(15-17-23)24(26)18-11-19-9-12-21(13-10-19)20-7-5-4-6-8-20/h9-18,20H,4-8H2,1-3H3. The van der Waals surface area contributed by atoms with Gasteiger partial charge in [-0.15, -0.1) is 0 Å². The summed E-state index contributed by atoms with van der Waals surface area (Å²) >= 11 is 0. The smallest absolute Gasteiger partial charge is 0.185 e. The predicted octanol–water partition coefficient (Wildman–Crippen LogP) is 6.93. The minimum atomic E-state index is 0.0572. The zero-order valence-electron chi connectivity index (χ0n) is 16.3. The second kappa shape index (κ2) is 8.03. The van der Waals surface area contributed by atoms with Gasteiger partial charge >= 0.3 is 0 Å². The molecule has 0 bridgehead atoms. The number of ketones is 1. The zero-order chi connectivity index (χ0) is 18.6. The Morgan fingerprint density at radius 2 is 1.50 bits per heavy atom. The molecule has 1 aliphatic carbocycles. The highest BCUT2D eigenvalue weighted by Crippen LogP contribution is 2.32. The van der Waals surface area contributed by atoms with Crippen molar-refractivity contribution in [1.82, 2.24) is 0 Å². The van der Waals surface area contributed by atoms with Crippen LogP contribution in [0.2, 0.25) is 0 Å². The van der Waals surface area contributed by atoms with Crippen LogP contribution in [0.1, 0.15) is 85.8 Å². The van der Waals surface area contributed by atoms with Gasteiger partial charge in [0.2, 0.25) is 0 Å². The Bertz CT molecular complexity index is 751. The molecule has 0 atom stereocenters. The van der Waals surface area contributed by atoms with Gasteiger partial charge in [0.15, 0.2) is 5.78 Å². The summed E-state index contributed by atoms with van der Waals surface area (Å²) < 4.78 is 0. The van der Waals surface area contributed by atoms with Crippen LogP contribution in [0.4, 0.5) is 0 Å². The Kier molecular flexibility index (Phi) is 5.76. The average Bonchev–Trinajstić information content (AvgIpc) is 2.66. The molecule has 0 saturated heterocycles. The third-order valence-electron chi connectivity index (χ3n) is 5.48. The number of hydrogen-bond acceptors (Lipinski definition) is 1. The Balaban J connectivity index is 1.64. The van der Waals surface area contributed by atoms with Crippen molar-refractivity contribution in [2.75, 3.05) is 0 Å². The average molecular weight is 347 g/mol. The van der Waals surface area contributed by atoms with Gasteiger partial charge in [0, 0.05) is 5.56 Å². The van der Waals surface area contributed by atoms with Crippen molar-refractivity contribution in [1.29, 1.82) is 0 Å². The van der Waals surface area contributed by atoms with Crippen molar-refractivity contribution in [2.45, 2.75) is 64.2 Å². The van der Waals surface area contributed by atoms with E-state index >= 15 is 0 Å². The summed E-state index contributed by atoms with van der Waals surface area (Å²) in [6.45, 7) is 6.54. The lowest BCUT2D eigenvalue weighted by atomic mass is 9.84. The number of allylic oxidation sites excluding steroid dienone is 1. The summed E-state index contributed by atoms with van der Waals surface area (Å²) in [5.41, 5.74) is 4.64. The molecule has 0 spiro atoms.